The van der Waals surface area contributed by atoms with Crippen LogP contribution in [0.25, 0.3) is 0 Å². The summed E-state index contributed by atoms with van der Waals surface area (Å²) in [5.74, 6) is 0. The van der Waals surface area contributed by atoms with Crippen molar-refractivity contribution in [1.82, 2.24) is 0 Å². The molecule has 0 N–H and O–H groups in total. The van der Waals surface area contributed by atoms with E-state index in [-0.39, 0.29) is 26.2 Å². The second-order valence-electron chi connectivity index (χ2n) is 6.24. The van der Waals surface area contributed by atoms with Gasteiger partial charge in [-0.2, -0.15) is 42.0 Å². The Bertz CT molecular complexity index is 533. The molecule has 1 aliphatic rings. The van der Waals surface area contributed by atoms with E-state index < -0.39 is 8.07 Å². The number of fused-ring (bicyclic) bond motifs is 1. The molecule has 20 heavy (non-hydrogen) atoms. The van der Waals surface area contributed by atoms with Crippen LogP contribution in [0.2, 0.25) is 19.6 Å². The Morgan fingerprint density at radius 1 is 1.15 bits per heavy atom. The second-order valence-corrected chi connectivity index (χ2v) is 11.7. The first-order valence-electron chi connectivity index (χ1n) is 6.91. The molecule has 0 aromatic heterocycles. The van der Waals surface area contributed by atoms with Crippen LogP contribution in [0.5, 0.6) is 0 Å². The smallest absolute Gasteiger partial charge is 0.211 e. The van der Waals surface area contributed by atoms with Crippen molar-refractivity contribution in [2.75, 3.05) is 0 Å². The minimum absolute atomic E-state index is 0. The minimum Gasteiger partial charge on any atom is -0.211 e. The first-order valence-corrected chi connectivity index (χ1v) is 10.6. The fourth-order valence-corrected chi connectivity index (χ4v) is 3.71. The summed E-state index contributed by atoms with van der Waals surface area (Å²) in [6.07, 6.45) is 6.31. The van der Waals surface area contributed by atoms with Crippen LogP contribution < -0.4 is 0 Å². The summed E-state index contributed by atoms with van der Waals surface area (Å²) in [5.41, 5.74) is 4.18. The van der Waals surface area contributed by atoms with Gasteiger partial charge in [-0.25, -0.2) is 11.6 Å². The van der Waals surface area contributed by atoms with E-state index >= 15 is 0 Å². The molecule has 1 aliphatic carbocycles. The Morgan fingerprint density at radius 3 is 2.50 bits per heavy atom. The third-order valence-corrected chi connectivity index (χ3v) is 4.53. The molecule has 102 valence electrons. The van der Waals surface area contributed by atoms with E-state index in [9.17, 15) is 0 Å². The van der Waals surface area contributed by atoms with Gasteiger partial charge in [-0.15, -0.1) is 17.7 Å². The Morgan fingerprint density at radius 2 is 1.90 bits per heavy atom. The van der Waals surface area contributed by atoms with Gasteiger partial charge in [0.15, 0.2) is 0 Å². The van der Waals surface area contributed by atoms with Gasteiger partial charge in [-0.1, -0.05) is 38.2 Å². The van der Waals surface area contributed by atoms with Gasteiger partial charge >= 0.3 is 26.2 Å². The normalized spacial score (nSPS) is 12.2. The SMILES string of the molecule is C[Si](C)(C)Cc1cc[cH-]c1.[C-]1=CCc2ccccc21.[Zr+2]. The Hall–Kier alpha value is -0.590. The monoisotopic (exact) mass is 356 g/mol. The van der Waals surface area contributed by atoms with Crippen molar-refractivity contribution >= 4 is 8.07 Å². The summed E-state index contributed by atoms with van der Waals surface area (Å²) >= 11 is 0. The summed E-state index contributed by atoms with van der Waals surface area (Å²) in [6.45, 7) is 7.21. The molecule has 0 spiro atoms. The van der Waals surface area contributed by atoms with Gasteiger partial charge < -0.3 is 0 Å². The molecular weight excluding hydrogens is 336 g/mol. The molecule has 2 aromatic carbocycles. The molecule has 0 bridgehead atoms. The van der Waals surface area contributed by atoms with Gasteiger partial charge in [-0.05, 0) is 0 Å². The topological polar surface area (TPSA) is 0 Å². The molecule has 0 unspecified atom stereocenters. The van der Waals surface area contributed by atoms with Gasteiger partial charge in [0.1, 0.15) is 0 Å². The van der Waals surface area contributed by atoms with E-state index in [2.05, 4.69) is 74.3 Å². The van der Waals surface area contributed by atoms with Crippen LogP contribution in [0.1, 0.15) is 16.7 Å². The molecule has 0 heterocycles. The van der Waals surface area contributed by atoms with Gasteiger partial charge in [0.05, 0.1) is 0 Å². The molecule has 3 rings (SSSR count). The molecule has 0 nitrogen and oxygen atoms in total. The minimum atomic E-state index is -0.862. The maximum absolute atomic E-state index is 3.18. The third kappa shape index (κ3) is 5.81. The summed E-state index contributed by atoms with van der Waals surface area (Å²) < 4.78 is 0. The van der Waals surface area contributed by atoms with E-state index in [1.54, 1.807) is 0 Å². The van der Waals surface area contributed by atoms with E-state index in [1.165, 1.54) is 22.7 Å². The number of benzene rings is 1. The van der Waals surface area contributed by atoms with Crippen LogP contribution in [-0.2, 0) is 38.7 Å². The molecule has 0 radical (unpaired) electrons. The molecule has 0 aliphatic heterocycles. The summed E-state index contributed by atoms with van der Waals surface area (Å²) in [6, 6.07) is 18.4. The molecule has 2 aromatic rings. The molecule has 0 atom stereocenters. The Labute approximate surface area is 143 Å². The van der Waals surface area contributed by atoms with E-state index in [0.717, 1.165) is 6.42 Å². The van der Waals surface area contributed by atoms with E-state index in [0.29, 0.717) is 0 Å². The van der Waals surface area contributed by atoms with Crippen LogP contribution in [0.15, 0.2) is 54.6 Å². The largest absolute Gasteiger partial charge is 2.00 e. The van der Waals surface area contributed by atoms with Gasteiger partial charge in [-0.3, -0.25) is 0 Å². The average molecular weight is 358 g/mol. The summed E-state index contributed by atoms with van der Waals surface area (Å²) in [5, 5.41) is 0. The van der Waals surface area contributed by atoms with Crippen LogP contribution in [-0.4, -0.2) is 8.07 Å². The van der Waals surface area contributed by atoms with Crippen molar-refractivity contribution in [3.05, 3.63) is 77.4 Å². The van der Waals surface area contributed by atoms with Gasteiger partial charge in [0.25, 0.3) is 0 Å². The number of hydrogen-bond acceptors (Lipinski definition) is 0. The zero-order valence-electron chi connectivity index (χ0n) is 12.6. The van der Waals surface area contributed by atoms with E-state index in [1.807, 2.05) is 6.07 Å². The maximum atomic E-state index is 3.18. The quantitative estimate of drug-likeness (QED) is 0.536. The molecule has 0 saturated carbocycles. The second kappa shape index (κ2) is 8.00. The van der Waals surface area contributed by atoms with Gasteiger partial charge in [0.2, 0.25) is 0 Å². The number of hydrogen-bond donors (Lipinski definition) is 0. The van der Waals surface area contributed by atoms with Crippen molar-refractivity contribution in [2.45, 2.75) is 32.1 Å². The fourth-order valence-electron chi connectivity index (χ4n) is 2.25. The van der Waals surface area contributed by atoms with Crippen LogP contribution in [0.4, 0.5) is 0 Å². The van der Waals surface area contributed by atoms with Gasteiger partial charge in [0, 0.05) is 8.07 Å². The standard InChI is InChI=1S/C9H15Si.C9H7.Zr/c1-10(2,3)8-9-6-4-5-7-9;1-2-5-9-7-3-6-8(9)4-1;/h4-7H,8H2,1-3H3;1-5H,6H2;/q2*-1;+2. The van der Waals surface area contributed by atoms with Crippen molar-refractivity contribution in [3.8, 4) is 0 Å². The van der Waals surface area contributed by atoms with Crippen molar-refractivity contribution in [1.29, 1.82) is 0 Å². The first-order chi connectivity index (χ1) is 9.04. The Balaban J connectivity index is 0.000000191. The summed E-state index contributed by atoms with van der Waals surface area (Å²) in [4.78, 5) is 0. The van der Waals surface area contributed by atoms with Crippen molar-refractivity contribution < 1.29 is 26.2 Å². The number of rotatable bonds is 2. The maximum Gasteiger partial charge on any atom is 2.00 e. The predicted octanol–water partition coefficient (Wildman–Crippen LogP) is 4.77. The van der Waals surface area contributed by atoms with Crippen molar-refractivity contribution in [3.63, 3.8) is 0 Å². The fraction of sp³-hybridized carbons (Fsp3) is 0.278. The van der Waals surface area contributed by atoms with Crippen LogP contribution in [0, 0.1) is 6.08 Å². The van der Waals surface area contributed by atoms with Crippen LogP contribution >= 0.6 is 0 Å². The molecule has 0 fully saturated rings. The first kappa shape index (κ1) is 17.5. The van der Waals surface area contributed by atoms with E-state index in [4.69, 9.17) is 0 Å². The van der Waals surface area contributed by atoms with Crippen LogP contribution in [0.3, 0.4) is 0 Å². The predicted molar refractivity (Wildman–Crippen MR) is 86.1 cm³/mol. The average Bonchev–Trinajstić information content (AvgIpc) is 2.97. The summed E-state index contributed by atoms with van der Waals surface area (Å²) in [7, 11) is -0.862. The van der Waals surface area contributed by atoms with Crippen molar-refractivity contribution in [2.24, 2.45) is 0 Å². The molecule has 0 amide bonds. The number of allylic oxidation sites excluding steroid dienone is 1. The Kier molecular flexibility index (Phi) is 6.99. The molecular formula is C18H22SiZr. The molecule has 2 heteroatoms. The zero-order valence-corrected chi connectivity index (χ0v) is 16.1. The zero-order chi connectivity index (χ0) is 13.7. The third-order valence-electron chi connectivity index (χ3n) is 3.06. The molecule has 0 saturated heterocycles.